The Morgan fingerprint density at radius 3 is 1.74 bits per heavy atom. The molecule has 534 valence electrons. The highest BCUT2D eigenvalue weighted by molar-refractivity contribution is 6.31. The first-order valence-electron chi connectivity index (χ1n) is 32.8. The fourth-order valence-corrected chi connectivity index (χ4v) is 12.0. The van der Waals surface area contributed by atoms with E-state index in [0.717, 1.165) is 38.5 Å². The summed E-state index contributed by atoms with van der Waals surface area (Å²) < 4.78 is 41.2. The van der Waals surface area contributed by atoms with Gasteiger partial charge in [-0.25, -0.2) is 0 Å². The molecule has 0 aliphatic carbocycles. The van der Waals surface area contributed by atoms with E-state index in [9.17, 15) is 65.9 Å². The molecule has 2 saturated heterocycles. The Morgan fingerprint density at radius 1 is 0.646 bits per heavy atom. The fraction of sp³-hybridized carbons (Fsp3) is 0.647. The molecule has 2 aliphatic heterocycles. The maximum atomic E-state index is 15.1. The quantitative estimate of drug-likeness (QED) is 0.219. The zero-order chi connectivity index (χ0) is 72.9. The third-order valence-corrected chi connectivity index (χ3v) is 19.0. The van der Waals surface area contributed by atoms with Crippen LogP contribution in [0.15, 0.2) is 42.5 Å². The van der Waals surface area contributed by atoms with Crippen LogP contribution in [-0.2, 0) is 76.6 Å². The molecule has 0 spiro atoms. The molecule has 4 rings (SSSR count). The van der Waals surface area contributed by atoms with Gasteiger partial charge < -0.3 is 60.5 Å². The number of alkyl halides is 3. The van der Waals surface area contributed by atoms with Crippen molar-refractivity contribution in [2.75, 3.05) is 69.5 Å². The van der Waals surface area contributed by atoms with Crippen LogP contribution in [0.2, 0.25) is 5.02 Å². The molecule has 4 N–H and O–H groups in total. The summed E-state index contributed by atoms with van der Waals surface area (Å²) in [5.41, 5.74) is 0.685. The normalized spacial score (nSPS) is 25.5. The van der Waals surface area contributed by atoms with Crippen LogP contribution >= 0.6 is 11.6 Å². The second kappa shape index (κ2) is 34.9. The minimum atomic E-state index is -4.78. The van der Waals surface area contributed by atoms with Crippen molar-refractivity contribution in [1.82, 2.24) is 60.5 Å². The van der Waals surface area contributed by atoms with Gasteiger partial charge in [-0.3, -0.25) is 57.5 Å². The molecule has 2 heterocycles. The number of rotatable bonds is 13. The minimum absolute atomic E-state index is 0.0584. The van der Waals surface area contributed by atoms with Crippen molar-refractivity contribution in [1.29, 1.82) is 0 Å². The summed E-state index contributed by atoms with van der Waals surface area (Å²) in [4.78, 5) is 185. The molecule has 0 bridgehead atoms. The van der Waals surface area contributed by atoms with E-state index < -0.39 is 179 Å². The molecule has 0 saturated carbocycles. The lowest BCUT2D eigenvalue weighted by Gasteiger charge is -2.45. The monoisotopic (exact) mass is 1370 g/mol. The van der Waals surface area contributed by atoms with Gasteiger partial charge in [-0.2, -0.15) is 13.2 Å². The smallest absolute Gasteiger partial charge is 0.347 e. The number of fused-ring (bicyclic) bond motifs is 1. The number of benzene rings is 2. The summed E-state index contributed by atoms with van der Waals surface area (Å²) in [5.74, 6) is -10.9. The van der Waals surface area contributed by atoms with Crippen LogP contribution in [0.1, 0.15) is 130 Å². The predicted molar refractivity (Wildman–Crippen MR) is 356 cm³/mol. The second-order valence-corrected chi connectivity index (χ2v) is 27.4. The number of likely N-dealkylation sites (N-methyl/N-ethyl adjacent to an activating group) is 7. The van der Waals surface area contributed by atoms with Crippen LogP contribution in [0.4, 0.5) is 13.2 Å². The zero-order valence-electron chi connectivity index (χ0n) is 59.2. The molecule has 0 radical (unpaired) electrons. The largest absolute Gasteiger partial charge is 0.417 e. The Bertz CT molecular complexity index is 3150. The van der Waals surface area contributed by atoms with Gasteiger partial charge in [0.2, 0.25) is 70.9 Å². The number of hydrogen-bond acceptors (Lipinski definition) is 12. The first kappa shape index (κ1) is 80.6. The summed E-state index contributed by atoms with van der Waals surface area (Å²) in [6.07, 6.45) is -4.90. The number of carbonyl (C=O) groups excluding carboxylic acids is 12. The Morgan fingerprint density at radius 2 is 1.22 bits per heavy atom. The Labute approximate surface area is 568 Å². The lowest BCUT2D eigenvalue weighted by Crippen LogP contribution is -2.65. The minimum Gasteiger partial charge on any atom is -0.347 e. The second-order valence-electron chi connectivity index (χ2n) is 26.9. The van der Waals surface area contributed by atoms with Crippen molar-refractivity contribution < 1.29 is 70.7 Å². The lowest BCUT2D eigenvalue weighted by molar-refractivity contribution is -0.160. The number of amides is 12. The van der Waals surface area contributed by atoms with E-state index in [1.807, 2.05) is 39.8 Å². The molecule has 2 aliphatic rings. The maximum Gasteiger partial charge on any atom is 0.417 e. The van der Waals surface area contributed by atoms with Gasteiger partial charge >= 0.3 is 6.18 Å². The Balaban J connectivity index is 1.89. The van der Waals surface area contributed by atoms with E-state index in [0.29, 0.717) is 18.4 Å². The third-order valence-electron chi connectivity index (χ3n) is 18.7. The van der Waals surface area contributed by atoms with Crippen molar-refractivity contribution in [2.45, 2.75) is 194 Å². The fourth-order valence-electron chi connectivity index (χ4n) is 11.7. The summed E-state index contributed by atoms with van der Waals surface area (Å²) in [5, 5.41) is 10.1. The van der Waals surface area contributed by atoms with Gasteiger partial charge in [0.15, 0.2) is 0 Å². The third kappa shape index (κ3) is 20.4. The van der Waals surface area contributed by atoms with Crippen molar-refractivity contribution >= 4 is 82.5 Å². The average molecular weight is 1370 g/mol. The summed E-state index contributed by atoms with van der Waals surface area (Å²) >= 11 is 6.07. The molecule has 2 fully saturated rings. The van der Waals surface area contributed by atoms with Gasteiger partial charge in [0.25, 0.3) is 0 Å². The van der Waals surface area contributed by atoms with Crippen LogP contribution in [-0.4, -0.2) is 240 Å². The highest BCUT2D eigenvalue weighted by Crippen LogP contribution is 2.35. The van der Waals surface area contributed by atoms with E-state index in [1.165, 1.54) is 94.7 Å². The van der Waals surface area contributed by atoms with Crippen molar-refractivity contribution in [3.8, 4) is 0 Å². The number of carbonyl (C=O) groups is 12. The molecular weight excluding hydrogens is 1270 g/mol. The highest BCUT2D eigenvalue weighted by Gasteiger charge is 2.47. The van der Waals surface area contributed by atoms with E-state index >= 15 is 4.79 Å². The topological polar surface area (TPSA) is 279 Å². The van der Waals surface area contributed by atoms with Gasteiger partial charge in [0, 0.05) is 69.3 Å². The van der Waals surface area contributed by atoms with Crippen LogP contribution in [0.25, 0.3) is 0 Å². The van der Waals surface area contributed by atoms with E-state index in [-0.39, 0.29) is 50.1 Å². The van der Waals surface area contributed by atoms with Gasteiger partial charge in [-0.1, -0.05) is 116 Å². The number of nitrogens with one attached hydrogen (secondary N) is 4. The van der Waals surface area contributed by atoms with E-state index in [2.05, 4.69) is 21.3 Å². The number of nitrogens with zero attached hydrogens (tertiary/aromatic N) is 8. The molecule has 24 nitrogen and oxygen atoms in total. The van der Waals surface area contributed by atoms with E-state index in [4.69, 9.17) is 11.6 Å². The van der Waals surface area contributed by atoms with Crippen LogP contribution in [0, 0.1) is 30.6 Å². The van der Waals surface area contributed by atoms with Crippen molar-refractivity contribution in [3.63, 3.8) is 0 Å². The van der Waals surface area contributed by atoms with Gasteiger partial charge in [0.1, 0.15) is 60.4 Å². The molecule has 96 heavy (non-hydrogen) atoms. The van der Waals surface area contributed by atoms with Crippen molar-refractivity contribution in [2.24, 2.45) is 23.7 Å². The molecule has 2 aromatic carbocycles. The molecule has 12 atom stereocenters. The molecule has 0 aromatic heterocycles. The lowest BCUT2D eigenvalue weighted by atomic mass is 9.93. The number of hydrogen-bond donors (Lipinski definition) is 4. The van der Waals surface area contributed by atoms with E-state index in [1.54, 1.807) is 46.8 Å². The van der Waals surface area contributed by atoms with Gasteiger partial charge in [0.05, 0.1) is 23.6 Å². The highest BCUT2D eigenvalue weighted by atomic mass is 35.5. The van der Waals surface area contributed by atoms with Gasteiger partial charge in [-0.05, 0) is 93.4 Å². The number of aryl methyl sites for hydroxylation is 2. The maximum absolute atomic E-state index is 15.1. The van der Waals surface area contributed by atoms with Crippen molar-refractivity contribution in [3.05, 3.63) is 69.7 Å². The van der Waals surface area contributed by atoms with Crippen LogP contribution in [0.5, 0.6) is 0 Å². The average Bonchev–Trinajstić information content (AvgIpc) is 0.797. The number of halogens is 4. The standard InChI is InChI=1S/C68H102ClF3N12O12/c1-20-40(8)56-66(95)79(15)43(11)61(90)84-31-30-49(84)64(93)81(17)51(34-45-24-22-39(7)23-25-45)63(92)78(14)36-53(85)74-48(29-27-44-26-28-46(47(69)33-44)68(70,71)72)59(88)73-42(10)58(87)75-55(38(5)6)65(94)83(19)57(41(9)21-2)67(96)82(18)52(62(91)77(12)13)35-54(86)80(16)50(32-37(3)4)60(89)76-56/h22-26,28,33,37-38,40-43,48-52,55-57H,20-21,27,29-32,34-36H2,1-19H3,(H,73,88)(H,74,85)(H,75,87)(H,76,89)/t40-,41-,42+,43-,48-,49-,50-,51-,52-,55-,56-,57-/m0/s1. The molecule has 2 aromatic rings. The first-order valence-corrected chi connectivity index (χ1v) is 33.2. The summed E-state index contributed by atoms with van der Waals surface area (Å²) in [6.45, 7) is 18.1. The SMILES string of the molecule is CC[C@H](C)[C@@H]1NC(=O)[C@H](CC(C)C)N(C)C(=O)C[C@@H](C(=O)N(C)C)N(C)C(=O)[C@H]([C@@H](C)CC)N(C)C(=O)[C@H](C(C)C)NC(=O)[C@@H](C)NC(=O)[C@H](CCc2ccc(C(F)(F)F)c(Cl)c2)NC(=O)CN(C)C(=O)[C@H](Cc2ccc(C)cc2)N(C)C(=O)[C@@H]2CCN2C(=O)[C@H](C)N(C)C1=O. The van der Waals surface area contributed by atoms with Crippen LogP contribution in [0.3, 0.4) is 0 Å². The molecule has 0 unspecified atom stereocenters. The Hall–Kier alpha value is -7.84. The Kier molecular flexibility index (Phi) is 29.3. The summed E-state index contributed by atoms with van der Waals surface area (Å²) in [7, 11) is 11.1. The predicted octanol–water partition coefficient (Wildman–Crippen LogP) is 4.30. The molecular formula is C68H102ClF3N12O12. The van der Waals surface area contributed by atoms with Gasteiger partial charge in [-0.15, -0.1) is 0 Å². The summed E-state index contributed by atoms with van der Waals surface area (Å²) in [6, 6.07) is -2.95. The van der Waals surface area contributed by atoms with Crippen LogP contribution < -0.4 is 21.3 Å². The molecule has 12 amide bonds. The first-order chi connectivity index (χ1) is 44.6. The zero-order valence-corrected chi connectivity index (χ0v) is 59.9. The molecule has 28 heteroatoms.